The minimum absolute atomic E-state index is 0.172. The Morgan fingerprint density at radius 2 is 2.00 bits per heavy atom. The van der Waals surface area contributed by atoms with Crippen molar-refractivity contribution in [1.29, 1.82) is 0 Å². The molecule has 0 unspecified atom stereocenters. The van der Waals surface area contributed by atoms with Crippen molar-refractivity contribution in [2.45, 2.75) is 32.9 Å². The van der Waals surface area contributed by atoms with Gasteiger partial charge in [0.2, 0.25) is 0 Å². The Kier molecular flexibility index (Phi) is 10.2. The molecule has 0 radical (unpaired) electrons. The molecule has 7 heteroatoms. The van der Waals surface area contributed by atoms with E-state index in [0.717, 1.165) is 36.8 Å². The Hall–Kier alpha value is -1.50. The van der Waals surface area contributed by atoms with Crippen molar-refractivity contribution in [1.82, 2.24) is 10.2 Å². The number of benzene rings is 1. The average Bonchev–Trinajstić information content (AvgIpc) is 2.55. The molecule has 0 spiro atoms. The third-order valence-electron chi connectivity index (χ3n) is 3.28. The summed E-state index contributed by atoms with van der Waals surface area (Å²) in [6, 6.07) is 6.69. The maximum Gasteiger partial charge on any atom is 0.387 e. The quantitative estimate of drug-likeness (QED) is 0.391. The van der Waals surface area contributed by atoms with Crippen LogP contribution in [0.2, 0.25) is 0 Å². The molecule has 0 amide bonds. The standard InChI is InChI=1S/C17H27F2N3OS/c1-4-20-17(21-11-5-6-12-24-3)22(2)13-14-7-9-15(10-8-14)23-16(18)19/h7-10,16H,4-6,11-13H2,1-3H3,(H,20,21). The van der Waals surface area contributed by atoms with Crippen LogP contribution in [0.4, 0.5) is 8.78 Å². The molecule has 24 heavy (non-hydrogen) atoms. The first-order valence-electron chi connectivity index (χ1n) is 8.09. The summed E-state index contributed by atoms with van der Waals surface area (Å²) in [6.07, 6.45) is 4.35. The number of ether oxygens (including phenoxy) is 1. The van der Waals surface area contributed by atoms with E-state index in [9.17, 15) is 8.78 Å². The first kappa shape index (κ1) is 20.5. The molecule has 0 bridgehead atoms. The smallest absolute Gasteiger partial charge is 0.387 e. The number of alkyl halides is 2. The van der Waals surface area contributed by atoms with Gasteiger partial charge in [0.05, 0.1) is 0 Å². The van der Waals surface area contributed by atoms with Crippen molar-refractivity contribution in [2.24, 2.45) is 4.99 Å². The van der Waals surface area contributed by atoms with Crippen LogP contribution in [0.5, 0.6) is 5.75 Å². The van der Waals surface area contributed by atoms with Gasteiger partial charge in [-0.05, 0) is 49.5 Å². The third kappa shape index (κ3) is 8.38. The van der Waals surface area contributed by atoms with Crippen LogP contribution < -0.4 is 10.1 Å². The van der Waals surface area contributed by atoms with Gasteiger partial charge in [-0.1, -0.05) is 12.1 Å². The van der Waals surface area contributed by atoms with Crippen molar-refractivity contribution < 1.29 is 13.5 Å². The normalized spacial score (nSPS) is 11.7. The van der Waals surface area contributed by atoms with Crippen molar-refractivity contribution in [3.05, 3.63) is 29.8 Å². The van der Waals surface area contributed by atoms with Crippen molar-refractivity contribution in [3.8, 4) is 5.75 Å². The lowest BCUT2D eigenvalue weighted by Gasteiger charge is -2.22. The summed E-state index contributed by atoms with van der Waals surface area (Å²) in [6.45, 7) is 1.49. The lowest BCUT2D eigenvalue weighted by molar-refractivity contribution is -0.0498. The highest BCUT2D eigenvalue weighted by Gasteiger charge is 2.08. The number of unbranched alkanes of at least 4 members (excludes halogenated alkanes) is 1. The van der Waals surface area contributed by atoms with Gasteiger partial charge < -0.3 is 15.0 Å². The van der Waals surface area contributed by atoms with Gasteiger partial charge in [-0.15, -0.1) is 0 Å². The fraction of sp³-hybridized carbons (Fsp3) is 0.588. The van der Waals surface area contributed by atoms with Gasteiger partial charge in [0.25, 0.3) is 0 Å². The molecule has 1 N–H and O–H groups in total. The van der Waals surface area contributed by atoms with Crippen LogP contribution in [-0.4, -0.2) is 49.6 Å². The van der Waals surface area contributed by atoms with Gasteiger partial charge in [0.15, 0.2) is 5.96 Å². The van der Waals surface area contributed by atoms with E-state index in [0.29, 0.717) is 6.54 Å². The van der Waals surface area contributed by atoms with Crippen LogP contribution >= 0.6 is 11.8 Å². The van der Waals surface area contributed by atoms with Crippen molar-refractivity contribution >= 4 is 17.7 Å². The van der Waals surface area contributed by atoms with Crippen LogP contribution in [0.1, 0.15) is 25.3 Å². The molecular formula is C17H27F2N3OS. The minimum Gasteiger partial charge on any atom is -0.435 e. The van der Waals surface area contributed by atoms with Crippen molar-refractivity contribution in [2.75, 3.05) is 32.1 Å². The second-order valence-corrected chi connectivity index (χ2v) is 6.30. The molecule has 0 saturated carbocycles. The predicted molar refractivity (Wildman–Crippen MR) is 98.1 cm³/mol. The number of aliphatic imine (C=N–C) groups is 1. The fourth-order valence-corrected chi connectivity index (χ4v) is 2.63. The molecule has 0 aliphatic carbocycles. The third-order valence-corrected chi connectivity index (χ3v) is 3.98. The molecule has 0 saturated heterocycles. The van der Waals surface area contributed by atoms with Crippen LogP contribution in [0.25, 0.3) is 0 Å². The van der Waals surface area contributed by atoms with Crippen LogP contribution in [0, 0.1) is 0 Å². The molecular weight excluding hydrogens is 332 g/mol. The van der Waals surface area contributed by atoms with Gasteiger partial charge in [-0.3, -0.25) is 4.99 Å². The topological polar surface area (TPSA) is 36.9 Å². The summed E-state index contributed by atoms with van der Waals surface area (Å²) in [5, 5.41) is 3.28. The molecule has 0 heterocycles. The van der Waals surface area contributed by atoms with Gasteiger partial charge in [0, 0.05) is 26.7 Å². The molecule has 0 aliphatic heterocycles. The molecule has 0 atom stereocenters. The van der Waals surface area contributed by atoms with Crippen LogP contribution in [-0.2, 0) is 6.54 Å². The first-order valence-corrected chi connectivity index (χ1v) is 9.48. The summed E-state index contributed by atoms with van der Waals surface area (Å²) in [5.41, 5.74) is 1.01. The SMILES string of the molecule is CCNC(=NCCCCSC)N(C)Cc1ccc(OC(F)F)cc1. The van der Waals surface area contributed by atoms with E-state index in [1.54, 1.807) is 24.3 Å². The molecule has 1 rings (SSSR count). The molecule has 0 fully saturated rings. The largest absolute Gasteiger partial charge is 0.435 e. The molecule has 0 aliphatic rings. The first-order chi connectivity index (χ1) is 11.6. The van der Waals surface area contributed by atoms with Gasteiger partial charge >= 0.3 is 6.61 Å². The number of rotatable bonds is 10. The van der Waals surface area contributed by atoms with Crippen LogP contribution in [0.3, 0.4) is 0 Å². The van der Waals surface area contributed by atoms with E-state index in [4.69, 9.17) is 0 Å². The minimum atomic E-state index is -2.79. The van der Waals surface area contributed by atoms with E-state index in [1.165, 1.54) is 6.42 Å². The number of halogens is 2. The number of guanidine groups is 1. The van der Waals surface area contributed by atoms with E-state index in [-0.39, 0.29) is 5.75 Å². The Morgan fingerprint density at radius 1 is 1.29 bits per heavy atom. The maximum absolute atomic E-state index is 12.2. The van der Waals surface area contributed by atoms with Crippen LogP contribution in [0.15, 0.2) is 29.3 Å². The predicted octanol–water partition coefficient (Wildman–Crippen LogP) is 3.83. The van der Waals surface area contributed by atoms with Gasteiger partial charge in [-0.2, -0.15) is 20.5 Å². The van der Waals surface area contributed by atoms with Gasteiger partial charge in [0.1, 0.15) is 5.75 Å². The Morgan fingerprint density at radius 3 is 2.58 bits per heavy atom. The van der Waals surface area contributed by atoms with E-state index in [2.05, 4.69) is 21.3 Å². The number of nitrogens with one attached hydrogen (secondary N) is 1. The Bertz CT molecular complexity index is 483. The van der Waals surface area contributed by atoms with E-state index < -0.39 is 6.61 Å². The highest BCUT2D eigenvalue weighted by atomic mass is 32.2. The molecule has 4 nitrogen and oxygen atoms in total. The monoisotopic (exact) mass is 359 g/mol. The zero-order valence-corrected chi connectivity index (χ0v) is 15.4. The van der Waals surface area contributed by atoms with Crippen molar-refractivity contribution in [3.63, 3.8) is 0 Å². The van der Waals surface area contributed by atoms with Gasteiger partial charge in [-0.25, -0.2) is 0 Å². The second-order valence-electron chi connectivity index (χ2n) is 5.31. The summed E-state index contributed by atoms with van der Waals surface area (Å²) >= 11 is 1.85. The van der Waals surface area contributed by atoms with E-state index >= 15 is 0 Å². The lowest BCUT2D eigenvalue weighted by atomic mass is 10.2. The molecule has 1 aromatic carbocycles. The Labute approximate surface area is 147 Å². The molecule has 136 valence electrons. The summed E-state index contributed by atoms with van der Waals surface area (Å²) in [7, 11) is 1.97. The second kappa shape index (κ2) is 11.9. The summed E-state index contributed by atoms with van der Waals surface area (Å²) in [5.74, 6) is 2.19. The summed E-state index contributed by atoms with van der Waals surface area (Å²) in [4.78, 5) is 6.67. The number of hydrogen-bond acceptors (Lipinski definition) is 3. The highest BCUT2D eigenvalue weighted by Crippen LogP contribution is 2.15. The maximum atomic E-state index is 12.2. The summed E-state index contributed by atoms with van der Waals surface area (Å²) < 4.78 is 28.7. The average molecular weight is 359 g/mol. The zero-order valence-electron chi connectivity index (χ0n) is 14.6. The Balaban J connectivity index is 2.57. The fourth-order valence-electron chi connectivity index (χ4n) is 2.14. The zero-order chi connectivity index (χ0) is 17.8. The highest BCUT2D eigenvalue weighted by molar-refractivity contribution is 7.98. The number of nitrogens with zero attached hydrogens (tertiary/aromatic N) is 2. The number of hydrogen-bond donors (Lipinski definition) is 1. The number of thioether (sulfide) groups is 1. The molecule has 0 aromatic heterocycles. The molecule has 1 aromatic rings. The van der Waals surface area contributed by atoms with E-state index in [1.807, 2.05) is 30.6 Å². The lowest BCUT2D eigenvalue weighted by Crippen LogP contribution is -2.38.